The molecular weight excluding hydrogens is 929 g/mol. The molecule has 0 saturated heterocycles. The molecule has 10 N–H and O–H groups in total. The molecule has 0 fully saturated rings. The number of allylic oxidation sites excluding steroid dienone is 7. The number of nitrogen functional groups attached to an aromatic ring is 3. The predicted octanol–water partition coefficient (Wildman–Crippen LogP) is 16.4. The number of anilines is 4. The molecule has 0 aliphatic rings. The van der Waals surface area contributed by atoms with Crippen LogP contribution < -0.4 is 33.6 Å². The van der Waals surface area contributed by atoms with E-state index in [2.05, 4.69) is 146 Å². The summed E-state index contributed by atoms with van der Waals surface area (Å²) in [6.07, 6.45) is 11.3. The number of benzene rings is 8. The lowest BCUT2D eigenvalue weighted by molar-refractivity contribution is 1.10. The van der Waals surface area contributed by atoms with Gasteiger partial charge in [0.15, 0.2) is 5.82 Å². The van der Waals surface area contributed by atoms with Gasteiger partial charge in [-0.1, -0.05) is 159 Å². The summed E-state index contributed by atoms with van der Waals surface area (Å²) < 4.78 is 0. The van der Waals surface area contributed by atoms with Crippen molar-refractivity contribution in [2.24, 2.45) is 5.73 Å². The van der Waals surface area contributed by atoms with E-state index in [1.807, 2.05) is 138 Å². The molecule has 9 aromatic rings. The molecule has 0 bridgehead atoms. The van der Waals surface area contributed by atoms with Crippen LogP contribution in [0.4, 0.5) is 22.7 Å². The summed E-state index contributed by atoms with van der Waals surface area (Å²) in [7, 11) is 5.31. The summed E-state index contributed by atoms with van der Waals surface area (Å²) in [5.74, 6) is 0.524. The molecule has 9 rings (SSSR count). The number of nitrogens with two attached hydrogens (primary N) is 4. The van der Waals surface area contributed by atoms with E-state index in [9.17, 15) is 0 Å². The summed E-state index contributed by atoms with van der Waals surface area (Å²) in [5.41, 5.74) is 40.6. The number of aromatic nitrogens is 2. The van der Waals surface area contributed by atoms with Crippen LogP contribution in [0.5, 0.6) is 0 Å². The van der Waals surface area contributed by atoms with E-state index in [1.165, 1.54) is 7.05 Å². The van der Waals surface area contributed by atoms with Gasteiger partial charge in [0, 0.05) is 53.5 Å². The van der Waals surface area contributed by atoms with Gasteiger partial charge in [-0.2, -0.15) is 0 Å². The molecule has 0 spiro atoms. The largest absolute Gasteiger partial charge is 0.399 e. The lowest BCUT2D eigenvalue weighted by Gasteiger charge is -2.13. The van der Waals surface area contributed by atoms with Crippen LogP contribution in [0.3, 0.4) is 0 Å². The normalized spacial score (nSPS) is 10.3. The molecule has 8 aromatic carbocycles. The van der Waals surface area contributed by atoms with Crippen molar-refractivity contribution in [2.45, 2.75) is 20.8 Å². The smallest absolute Gasteiger partial charge is 0.159 e. The van der Waals surface area contributed by atoms with Gasteiger partial charge in [-0.25, -0.2) is 9.97 Å². The molecule has 0 aliphatic carbocycles. The topological polar surface area (TPSA) is 154 Å². The fourth-order valence-corrected chi connectivity index (χ4v) is 8.03. The van der Waals surface area contributed by atoms with E-state index >= 15 is 0 Å². The fraction of sp³-hybridized carbons (Fsp3) is 0.0882. The Morgan fingerprint density at radius 2 is 0.842 bits per heavy atom. The highest BCUT2D eigenvalue weighted by Gasteiger charge is 2.14. The number of rotatable bonds is 12. The van der Waals surface area contributed by atoms with Crippen molar-refractivity contribution in [1.82, 2.24) is 15.3 Å². The van der Waals surface area contributed by atoms with Crippen LogP contribution in [0.15, 0.2) is 245 Å². The molecule has 0 saturated carbocycles. The zero-order valence-electron chi connectivity index (χ0n) is 44.8. The Morgan fingerprint density at radius 3 is 1.26 bits per heavy atom. The monoisotopic (exact) mass is 1000 g/mol. The second-order valence-corrected chi connectivity index (χ2v) is 17.3. The van der Waals surface area contributed by atoms with Crippen molar-refractivity contribution in [3.8, 4) is 67.0 Å². The molecule has 8 nitrogen and oxygen atoms in total. The van der Waals surface area contributed by atoms with Crippen LogP contribution in [0, 0.1) is 0 Å². The van der Waals surface area contributed by atoms with Crippen molar-refractivity contribution in [1.29, 1.82) is 0 Å². The van der Waals surface area contributed by atoms with Gasteiger partial charge in [0.25, 0.3) is 0 Å². The van der Waals surface area contributed by atoms with E-state index in [0.29, 0.717) is 17.1 Å². The summed E-state index contributed by atoms with van der Waals surface area (Å²) in [6, 6.07) is 62.0. The molecule has 1 aromatic heterocycles. The predicted molar refractivity (Wildman–Crippen MR) is 334 cm³/mol. The Balaban J connectivity index is 0.000000745. The van der Waals surface area contributed by atoms with Crippen LogP contribution in [-0.2, 0) is 0 Å². The van der Waals surface area contributed by atoms with Gasteiger partial charge in [0.05, 0.1) is 11.4 Å². The van der Waals surface area contributed by atoms with E-state index < -0.39 is 0 Å². The minimum Gasteiger partial charge on any atom is -0.399 e. The lowest BCUT2D eigenvalue weighted by atomic mass is 9.96. The molecule has 8 heteroatoms. The van der Waals surface area contributed by atoms with Gasteiger partial charge in [0.1, 0.15) is 0 Å². The van der Waals surface area contributed by atoms with Crippen molar-refractivity contribution in [3.05, 3.63) is 256 Å². The maximum atomic E-state index is 6.43. The first kappa shape index (κ1) is 57.4. The fourth-order valence-electron chi connectivity index (χ4n) is 8.03. The van der Waals surface area contributed by atoms with Crippen molar-refractivity contribution < 1.29 is 0 Å². The molecule has 384 valence electrons. The van der Waals surface area contributed by atoms with Gasteiger partial charge >= 0.3 is 0 Å². The molecule has 0 aliphatic heterocycles. The Hall–Kier alpha value is -9.50. The van der Waals surface area contributed by atoms with Gasteiger partial charge in [-0.05, 0) is 167 Å². The standard InChI is InChI=1S/C57H46N6.C4H9N.2C3H6.CH5N/c1-36(53-10-6-8-42-7-4-5-9-54(42)53)11-12-37(2)57-62-55(43-17-13-38(14-18-43)45-29-46(32-51(60)31-45)40-21-25-49(58)26-22-40)35-56(63-57)44-19-15-39(16-20-44)47-30-48(34-52(33-47)61-3)41-23-27-50(59)28-24-41;1-3-4-5-2;2*1-3-2;1-2/h4-35,61H,1-2,58-60H2,3H3;3-5H,1-2H3;2*3H,1H2,2H3;2H2,1H3/b12-11-;4-3+;;;. The van der Waals surface area contributed by atoms with Crippen LogP contribution in [-0.4, -0.2) is 31.1 Å². The second kappa shape index (κ2) is 29.3. The minimum absolute atomic E-state index is 0.524. The molecular formula is C68H72N8. The molecule has 0 amide bonds. The zero-order chi connectivity index (χ0) is 55.0. The van der Waals surface area contributed by atoms with Crippen molar-refractivity contribution in [3.63, 3.8) is 0 Å². The molecule has 0 radical (unpaired) electrons. The summed E-state index contributed by atoms with van der Waals surface area (Å²) in [5, 5.41) is 8.47. The Kier molecular flexibility index (Phi) is 22.1. The van der Waals surface area contributed by atoms with E-state index in [-0.39, 0.29) is 0 Å². The van der Waals surface area contributed by atoms with Crippen molar-refractivity contribution in [2.75, 3.05) is 43.7 Å². The van der Waals surface area contributed by atoms with Gasteiger partial charge in [-0.15, -0.1) is 13.2 Å². The number of nitrogens with one attached hydrogen (secondary N) is 2. The average Bonchev–Trinajstić information content (AvgIpc) is 3.46. The van der Waals surface area contributed by atoms with Gasteiger partial charge < -0.3 is 33.6 Å². The van der Waals surface area contributed by atoms with Crippen LogP contribution in [0.1, 0.15) is 32.2 Å². The highest BCUT2D eigenvalue weighted by Crippen LogP contribution is 2.35. The van der Waals surface area contributed by atoms with Crippen LogP contribution in [0.25, 0.3) is 88.9 Å². The Bertz CT molecular complexity index is 3390. The summed E-state index contributed by atoms with van der Waals surface area (Å²) in [4.78, 5) is 10.2. The highest BCUT2D eigenvalue weighted by molar-refractivity contribution is 5.96. The summed E-state index contributed by atoms with van der Waals surface area (Å²) >= 11 is 0. The number of hydrogen-bond donors (Lipinski definition) is 6. The second-order valence-electron chi connectivity index (χ2n) is 17.3. The molecule has 0 unspecified atom stereocenters. The number of nitrogens with zero attached hydrogens (tertiary/aromatic N) is 2. The first-order valence-corrected chi connectivity index (χ1v) is 25.0. The lowest BCUT2D eigenvalue weighted by Crippen LogP contribution is -1.98. The van der Waals surface area contributed by atoms with Gasteiger partial charge in [-0.3, -0.25) is 0 Å². The Morgan fingerprint density at radius 1 is 0.447 bits per heavy atom. The Labute approximate surface area is 451 Å². The molecule has 1 heterocycles. The zero-order valence-corrected chi connectivity index (χ0v) is 44.8. The SMILES string of the molecule is C/C=C/NC.C=C(/C=C\C(=C)c1cccc2ccccc12)c1nc(-c2ccc(-c3cc(N)cc(-c4ccc(N)cc4)c3)cc2)cc(-c2ccc(-c3cc(NC)cc(-c4ccc(N)cc4)c3)cc2)n1.C=CC.C=CC.CN. The van der Waals surface area contributed by atoms with E-state index in [1.54, 1.807) is 12.2 Å². The highest BCUT2D eigenvalue weighted by atomic mass is 14.9. The third kappa shape index (κ3) is 15.8. The third-order valence-corrected chi connectivity index (χ3v) is 11.7. The first-order valence-electron chi connectivity index (χ1n) is 25.0. The quantitative estimate of drug-likeness (QED) is 0.0402. The number of hydrogen-bond acceptors (Lipinski definition) is 8. The summed E-state index contributed by atoms with van der Waals surface area (Å²) in [6.45, 7) is 21.3. The van der Waals surface area contributed by atoms with E-state index in [4.69, 9.17) is 27.2 Å². The van der Waals surface area contributed by atoms with Crippen LogP contribution in [0.2, 0.25) is 0 Å². The van der Waals surface area contributed by atoms with Crippen molar-refractivity contribution >= 4 is 44.7 Å². The third-order valence-electron chi connectivity index (χ3n) is 11.7. The van der Waals surface area contributed by atoms with E-state index in [0.717, 1.165) is 106 Å². The molecule has 76 heavy (non-hydrogen) atoms. The minimum atomic E-state index is 0.524. The average molecular weight is 1000 g/mol. The number of fused-ring (bicyclic) bond motifs is 1. The molecule has 0 atom stereocenters. The maximum Gasteiger partial charge on any atom is 0.159 e. The van der Waals surface area contributed by atoms with Gasteiger partial charge in [0.2, 0.25) is 0 Å². The van der Waals surface area contributed by atoms with Crippen LogP contribution >= 0.6 is 0 Å². The first-order chi connectivity index (χ1) is 36.9. The maximum absolute atomic E-state index is 6.43.